The van der Waals surface area contributed by atoms with Gasteiger partial charge in [-0.2, -0.15) is 20.5 Å². The summed E-state index contributed by atoms with van der Waals surface area (Å²) in [5.41, 5.74) is 5.36. The molecule has 0 saturated heterocycles. The quantitative estimate of drug-likeness (QED) is 0.542. The van der Waals surface area contributed by atoms with Crippen molar-refractivity contribution >= 4 is 11.6 Å². The van der Waals surface area contributed by atoms with Crippen molar-refractivity contribution < 1.29 is 0 Å². The highest BCUT2D eigenvalue weighted by Gasteiger charge is 2.20. The average Bonchev–Trinajstić information content (AvgIpc) is 3.04. The first-order valence-corrected chi connectivity index (χ1v) is 6.64. The zero-order chi connectivity index (χ0) is 13.8. The van der Waals surface area contributed by atoms with Crippen LogP contribution in [0.2, 0.25) is 5.02 Å². The first-order valence-electron chi connectivity index (χ1n) is 6.27. The molecule has 104 valence electrons. The van der Waals surface area contributed by atoms with Crippen LogP contribution in [0.3, 0.4) is 0 Å². The van der Waals surface area contributed by atoms with Gasteiger partial charge in [0.25, 0.3) is 0 Å². The van der Waals surface area contributed by atoms with E-state index in [9.17, 15) is 0 Å². The van der Waals surface area contributed by atoms with Gasteiger partial charge in [-0.1, -0.05) is 18.5 Å². The molecule has 2 aromatic rings. The molecule has 1 atom stereocenters. The van der Waals surface area contributed by atoms with Crippen LogP contribution in [0.25, 0.3) is 0 Å². The van der Waals surface area contributed by atoms with Crippen molar-refractivity contribution in [3.8, 4) is 0 Å². The summed E-state index contributed by atoms with van der Waals surface area (Å²) in [7, 11) is 0. The van der Waals surface area contributed by atoms with Crippen LogP contribution in [0, 0.1) is 0 Å². The molecule has 7 nitrogen and oxygen atoms in total. The number of hydrogen-bond acceptors (Lipinski definition) is 5. The molecule has 8 heteroatoms. The molecule has 0 spiro atoms. The van der Waals surface area contributed by atoms with Crippen LogP contribution < -0.4 is 11.3 Å². The van der Waals surface area contributed by atoms with Gasteiger partial charge in [-0.15, -0.1) is 0 Å². The Balaban J connectivity index is 2.29. The minimum atomic E-state index is -0.150. The van der Waals surface area contributed by atoms with Gasteiger partial charge in [0.05, 0.1) is 28.6 Å². The molecule has 2 aromatic heterocycles. The van der Waals surface area contributed by atoms with Crippen molar-refractivity contribution in [1.82, 2.24) is 30.6 Å². The summed E-state index contributed by atoms with van der Waals surface area (Å²) in [6.45, 7) is 4.84. The van der Waals surface area contributed by atoms with Crippen molar-refractivity contribution in [1.29, 1.82) is 0 Å². The molecule has 0 aromatic carbocycles. The van der Waals surface area contributed by atoms with Crippen LogP contribution in [-0.4, -0.2) is 25.2 Å². The van der Waals surface area contributed by atoms with Gasteiger partial charge in [0.1, 0.15) is 5.69 Å². The average molecular weight is 284 g/mol. The normalized spacial score (nSPS) is 12.8. The number of nitrogens with two attached hydrogens (primary N) is 1. The molecule has 0 aliphatic heterocycles. The van der Waals surface area contributed by atoms with E-state index in [0.717, 1.165) is 30.0 Å². The van der Waals surface area contributed by atoms with Crippen molar-refractivity contribution in [2.45, 2.75) is 39.3 Å². The van der Waals surface area contributed by atoms with E-state index in [0.29, 0.717) is 11.4 Å². The fraction of sp³-hybridized carbons (Fsp3) is 0.545. The SMILES string of the molecule is CCc1nn(CC)c(CC(NN)c2cn[nH]n2)c1Cl. The highest BCUT2D eigenvalue weighted by atomic mass is 35.5. The van der Waals surface area contributed by atoms with Gasteiger partial charge >= 0.3 is 0 Å². The minimum Gasteiger partial charge on any atom is -0.271 e. The van der Waals surface area contributed by atoms with Crippen molar-refractivity contribution in [3.05, 3.63) is 28.3 Å². The first-order chi connectivity index (χ1) is 9.21. The number of nitrogens with one attached hydrogen (secondary N) is 2. The molecule has 19 heavy (non-hydrogen) atoms. The molecular weight excluding hydrogens is 266 g/mol. The Morgan fingerprint density at radius 1 is 1.53 bits per heavy atom. The lowest BCUT2D eigenvalue weighted by Gasteiger charge is -2.14. The van der Waals surface area contributed by atoms with E-state index in [1.165, 1.54) is 0 Å². The predicted octanol–water partition coefficient (Wildman–Crippen LogP) is 0.984. The molecular formula is C11H18ClN7. The highest BCUT2D eigenvalue weighted by Crippen LogP contribution is 2.25. The number of rotatable bonds is 6. The molecule has 1 unspecified atom stereocenters. The Bertz CT molecular complexity index is 519. The standard InChI is InChI=1S/C11H18ClN7/c1-3-7-11(12)10(19(4-2)17-7)5-8(15-13)9-6-14-18-16-9/h6,8,15H,3-5,13H2,1-2H3,(H,14,16,18). The van der Waals surface area contributed by atoms with Crippen LogP contribution in [-0.2, 0) is 19.4 Å². The second kappa shape index (κ2) is 6.14. The minimum absolute atomic E-state index is 0.150. The number of aryl methyl sites for hydroxylation is 2. The van der Waals surface area contributed by atoms with Crippen LogP contribution in [0.5, 0.6) is 0 Å². The van der Waals surface area contributed by atoms with Gasteiger partial charge in [0, 0.05) is 13.0 Å². The van der Waals surface area contributed by atoms with Crippen LogP contribution in [0.15, 0.2) is 6.20 Å². The summed E-state index contributed by atoms with van der Waals surface area (Å²) in [5, 5.41) is 15.6. The molecule has 0 bridgehead atoms. The number of H-pyrrole nitrogens is 1. The Morgan fingerprint density at radius 3 is 2.84 bits per heavy atom. The Labute approximate surface area is 116 Å². The Hall–Kier alpha value is -1.44. The maximum atomic E-state index is 6.38. The number of hydrogen-bond donors (Lipinski definition) is 3. The molecule has 0 aliphatic rings. The monoisotopic (exact) mass is 283 g/mol. The summed E-state index contributed by atoms with van der Waals surface area (Å²) < 4.78 is 1.91. The second-order valence-electron chi connectivity index (χ2n) is 4.19. The van der Waals surface area contributed by atoms with E-state index in [4.69, 9.17) is 17.4 Å². The largest absolute Gasteiger partial charge is 0.271 e. The maximum absolute atomic E-state index is 6.38. The predicted molar refractivity (Wildman–Crippen MR) is 72.4 cm³/mol. The number of hydrazine groups is 1. The molecule has 0 radical (unpaired) electrons. The summed E-state index contributed by atoms with van der Waals surface area (Å²) in [4.78, 5) is 0. The van der Waals surface area contributed by atoms with Gasteiger partial charge in [-0.05, 0) is 13.3 Å². The van der Waals surface area contributed by atoms with Crippen LogP contribution in [0.1, 0.15) is 37.0 Å². The third-order valence-corrected chi connectivity index (χ3v) is 3.52. The van der Waals surface area contributed by atoms with Crippen LogP contribution >= 0.6 is 11.6 Å². The molecule has 0 amide bonds. The van der Waals surface area contributed by atoms with E-state index in [1.807, 2.05) is 18.5 Å². The molecule has 0 saturated carbocycles. The Kier molecular flexibility index (Phi) is 4.52. The Morgan fingerprint density at radius 2 is 2.32 bits per heavy atom. The fourth-order valence-electron chi connectivity index (χ4n) is 2.03. The molecule has 4 N–H and O–H groups in total. The first kappa shape index (κ1) is 14.0. The molecule has 0 aliphatic carbocycles. The van der Waals surface area contributed by atoms with Crippen molar-refractivity contribution in [2.75, 3.05) is 0 Å². The summed E-state index contributed by atoms with van der Waals surface area (Å²) >= 11 is 6.38. The fourth-order valence-corrected chi connectivity index (χ4v) is 2.38. The number of aromatic amines is 1. The highest BCUT2D eigenvalue weighted by molar-refractivity contribution is 6.31. The zero-order valence-corrected chi connectivity index (χ0v) is 11.8. The number of nitrogens with zero attached hydrogens (tertiary/aromatic N) is 4. The van der Waals surface area contributed by atoms with Gasteiger partial charge in [-0.25, -0.2) is 0 Å². The lowest BCUT2D eigenvalue weighted by Crippen LogP contribution is -2.30. The van der Waals surface area contributed by atoms with Crippen LogP contribution in [0.4, 0.5) is 0 Å². The molecule has 2 rings (SSSR count). The summed E-state index contributed by atoms with van der Waals surface area (Å²) in [6.07, 6.45) is 3.07. The van der Waals surface area contributed by atoms with E-state index in [2.05, 4.69) is 25.9 Å². The molecule has 2 heterocycles. The van der Waals surface area contributed by atoms with Gasteiger partial charge in [0.15, 0.2) is 0 Å². The van der Waals surface area contributed by atoms with Crippen molar-refractivity contribution in [2.24, 2.45) is 5.84 Å². The van der Waals surface area contributed by atoms with E-state index >= 15 is 0 Å². The lowest BCUT2D eigenvalue weighted by atomic mass is 10.1. The van der Waals surface area contributed by atoms with Crippen molar-refractivity contribution in [3.63, 3.8) is 0 Å². The number of halogens is 1. The number of aromatic nitrogens is 5. The lowest BCUT2D eigenvalue weighted by molar-refractivity contribution is 0.506. The second-order valence-corrected chi connectivity index (χ2v) is 4.57. The topological polar surface area (TPSA) is 97.4 Å². The van der Waals surface area contributed by atoms with Gasteiger partial charge in [0.2, 0.25) is 0 Å². The smallest absolute Gasteiger partial charge is 0.101 e. The summed E-state index contributed by atoms with van der Waals surface area (Å²) in [6, 6.07) is -0.150. The zero-order valence-electron chi connectivity index (χ0n) is 11.0. The van der Waals surface area contributed by atoms with E-state index < -0.39 is 0 Å². The third kappa shape index (κ3) is 2.78. The maximum Gasteiger partial charge on any atom is 0.101 e. The van der Waals surface area contributed by atoms with E-state index in [1.54, 1.807) is 6.20 Å². The van der Waals surface area contributed by atoms with E-state index in [-0.39, 0.29) is 6.04 Å². The van der Waals surface area contributed by atoms with Gasteiger partial charge < -0.3 is 0 Å². The third-order valence-electron chi connectivity index (χ3n) is 3.08. The molecule has 0 fully saturated rings. The van der Waals surface area contributed by atoms with Gasteiger partial charge in [-0.3, -0.25) is 16.0 Å². The summed E-state index contributed by atoms with van der Waals surface area (Å²) in [5.74, 6) is 5.59.